The van der Waals surface area contributed by atoms with Crippen molar-refractivity contribution in [3.8, 4) is 0 Å². The molecule has 0 unspecified atom stereocenters. The highest BCUT2D eigenvalue weighted by Crippen LogP contribution is 2.22. The van der Waals surface area contributed by atoms with E-state index in [2.05, 4.69) is 5.32 Å². The lowest BCUT2D eigenvalue weighted by molar-refractivity contribution is -0.141. The van der Waals surface area contributed by atoms with E-state index in [4.69, 9.17) is 0 Å². The summed E-state index contributed by atoms with van der Waals surface area (Å²) in [6.07, 6.45) is 1.17. The van der Waals surface area contributed by atoms with E-state index in [1.165, 1.54) is 11.9 Å². The van der Waals surface area contributed by atoms with Crippen LogP contribution < -0.4 is 5.32 Å². The molecular formula is C28H35N3O4S. The molecule has 7 nitrogen and oxygen atoms in total. The molecule has 0 aliphatic carbocycles. The van der Waals surface area contributed by atoms with Gasteiger partial charge in [-0.25, -0.2) is 8.42 Å². The molecule has 0 aromatic heterocycles. The summed E-state index contributed by atoms with van der Waals surface area (Å²) >= 11 is 0. The smallest absolute Gasteiger partial charge is 0.243 e. The summed E-state index contributed by atoms with van der Waals surface area (Å²) in [6, 6.07) is 21.1. The topological polar surface area (TPSA) is 86.8 Å². The fraction of sp³-hybridized carbons (Fsp3) is 0.357. The highest BCUT2D eigenvalue weighted by molar-refractivity contribution is 7.89. The van der Waals surface area contributed by atoms with Crippen molar-refractivity contribution >= 4 is 32.6 Å². The maximum Gasteiger partial charge on any atom is 0.243 e. The number of carbonyl (C=O) groups excluding carboxylic acids is 2. The van der Waals surface area contributed by atoms with Crippen LogP contribution in [0.2, 0.25) is 0 Å². The lowest BCUT2D eigenvalue weighted by Gasteiger charge is -2.32. The molecule has 36 heavy (non-hydrogen) atoms. The van der Waals surface area contributed by atoms with E-state index < -0.39 is 22.0 Å². The second-order valence-electron chi connectivity index (χ2n) is 9.02. The van der Waals surface area contributed by atoms with Gasteiger partial charge in [-0.1, -0.05) is 74.5 Å². The number of hydrogen-bond donors (Lipinski definition) is 1. The molecule has 1 N–H and O–H groups in total. The van der Waals surface area contributed by atoms with Crippen molar-refractivity contribution < 1.29 is 18.0 Å². The molecule has 192 valence electrons. The average molecular weight is 510 g/mol. The molecule has 0 bridgehead atoms. The van der Waals surface area contributed by atoms with Gasteiger partial charge in [-0.2, -0.15) is 4.31 Å². The normalized spacial score (nSPS) is 13.4. The van der Waals surface area contributed by atoms with Gasteiger partial charge in [0.2, 0.25) is 21.8 Å². The molecule has 2 atom stereocenters. The number of hydrogen-bond acceptors (Lipinski definition) is 4. The van der Waals surface area contributed by atoms with Crippen LogP contribution in [0.3, 0.4) is 0 Å². The maximum absolute atomic E-state index is 13.5. The zero-order valence-corrected chi connectivity index (χ0v) is 22.2. The van der Waals surface area contributed by atoms with Crippen molar-refractivity contribution in [3.05, 3.63) is 78.4 Å². The molecule has 0 aliphatic heterocycles. The fourth-order valence-corrected chi connectivity index (χ4v) is 5.17. The predicted octanol–water partition coefficient (Wildman–Crippen LogP) is 4.18. The molecular weight excluding hydrogens is 474 g/mol. The van der Waals surface area contributed by atoms with E-state index in [0.717, 1.165) is 27.1 Å². The molecule has 0 saturated carbocycles. The zero-order chi connectivity index (χ0) is 26.3. The molecule has 8 heteroatoms. The zero-order valence-electron chi connectivity index (χ0n) is 21.3. The van der Waals surface area contributed by atoms with Crippen molar-refractivity contribution in [3.63, 3.8) is 0 Å². The molecule has 0 saturated heterocycles. The first-order valence-electron chi connectivity index (χ1n) is 12.3. The van der Waals surface area contributed by atoms with Crippen LogP contribution >= 0.6 is 0 Å². The quantitative estimate of drug-likeness (QED) is 0.420. The minimum absolute atomic E-state index is 0.0313. The van der Waals surface area contributed by atoms with Gasteiger partial charge in [-0.3, -0.25) is 9.59 Å². The number of carbonyl (C=O) groups is 2. The summed E-state index contributed by atoms with van der Waals surface area (Å²) in [4.78, 5) is 28.2. The third-order valence-corrected chi connectivity index (χ3v) is 8.17. The molecule has 0 aliphatic rings. The Morgan fingerprint density at radius 2 is 1.53 bits per heavy atom. The van der Waals surface area contributed by atoms with E-state index in [9.17, 15) is 18.0 Å². The van der Waals surface area contributed by atoms with Crippen LogP contribution in [0.25, 0.3) is 10.8 Å². The first-order valence-corrected chi connectivity index (χ1v) is 13.7. The maximum atomic E-state index is 13.5. The summed E-state index contributed by atoms with van der Waals surface area (Å²) in [6.45, 7) is 5.57. The van der Waals surface area contributed by atoms with Gasteiger partial charge in [0.05, 0.1) is 11.4 Å². The van der Waals surface area contributed by atoms with Crippen LogP contribution in [0.4, 0.5) is 0 Å². The summed E-state index contributed by atoms with van der Waals surface area (Å²) < 4.78 is 27.7. The summed E-state index contributed by atoms with van der Waals surface area (Å²) in [5, 5.41) is 4.70. The number of likely N-dealkylation sites (N-methyl/N-ethyl adjacent to an activating group) is 1. The second kappa shape index (κ2) is 12.1. The Labute approximate surface area is 214 Å². The van der Waals surface area contributed by atoms with Crippen molar-refractivity contribution in [1.29, 1.82) is 0 Å². The molecule has 3 aromatic carbocycles. The Kier molecular flexibility index (Phi) is 9.23. The Hall–Kier alpha value is -3.23. The van der Waals surface area contributed by atoms with Crippen LogP contribution in [0.15, 0.2) is 77.7 Å². The van der Waals surface area contributed by atoms with Gasteiger partial charge in [0, 0.05) is 19.6 Å². The van der Waals surface area contributed by atoms with E-state index >= 15 is 0 Å². The fourth-order valence-electron chi connectivity index (χ4n) is 4.01. The molecule has 3 aromatic rings. The Morgan fingerprint density at radius 3 is 2.17 bits per heavy atom. The molecule has 0 fully saturated rings. The predicted molar refractivity (Wildman–Crippen MR) is 143 cm³/mol. The van der Waals surface area contributed by atoms with Crippen LogP contribution in [0.5, 0.6) is 0 Å². The lowest BCUT2D eigenvalue weighted by Crippen LogP contribution is -2.53. The number of benzene rings is 3. The van der Waals surface area contributed by atoms with Crippen molar-refractivity contribution in [2.45, 2.75) is 57.1 Å². The standard InChI is InChI=1S/C28H35N3O4S/c1-5-21(3)29-28(33)26(6-2)31(19-22-12-8-7-9-13-22)27(32)20-30(4)36(34,35)25-17-16-23-14-10-11-15-24(23)18-25/h7-18,21,26H,5-6,19-20H2,1-4H3,(H,29,33)/t21-,26-/m0/s1. The molecule has 0 spiro atoms. The van der Waals surface area contributed by atoms with Crippen molar-refractivity contribution in [2.24, 2.45) is 0 Å². The summed E-state index contributed by atoms with van der Waals surface area (Å²) in [5.41, 5.74) is 0.862. The number of nitrogens with zero attached hydrogens (tertiary/aromatic N) is 2. The number of amides is 2. The van der Waals surface area contributed by atoms with Gasteiger partial charge in [0.15, 0.2) is 0 Å². The monoisotopic (exact) mass is 509 g/mol. The van der Waals surface area contributed by atoms with Crippen LogP contribution in [-0.2, 0) is 26.2 Å². The molecule has 3 rings (SSSR count). The SMILES string of the molecule is CC[C@H](C)NC(=O)[C@H](CC)N(Cc1ccccc1)C(=O)CN(C)S(=O)(=O)c1ccc2ccccc2c1. The average Bonchev–Trinajstić information content (AvgIpc) is 2.88. The number of rotatable bonds is 11. The van der Waals surface area contributed by atoms with Gasteiger partial charge in [-0.15, -0.1) is 0 Å². The second-order valence-corrected chi connectivity index (χ2v) is 11.1. The van der Waals surface area contributed by atoms with Gasteiger partial charge in [0.25, 0.3) is 0 Å². The van der Waals surface area contributed by atoms with Gasteiger partial charge >= 0.3 is 0 Å². The molecule has 0 heterocycles. The van der Waals surface area contributed by atoms with Crippen LogP contribution in [0, 0.1) is 0 Å². The van der Waals surface area contributed by atoms with Crippen molar-refractivity contribution in [1.82, 2.24) is 14.5 Å². The van der Waals surface area contributed by atoms with Gasteiger partial charge in [0.1, 0.15) is 6.04 Å². The molecule has 2 amide bonds. The number of nitrogens with one attached hydrogen (secondary N) is 1. The van der Waals surface area contributed by atoms with Gasteiger partial charge < -0.3 is 10.2 Å². The lowest BCUT2D eigenvalue weighted by atomic mass is 10.1. The Bertz CT molecular complexity index is 1290. The first-order chi connectivity index (χ1) is 17.2. The largest absolute Gasteiger partial charge is 0.352 e. The van der Waals surface area contributed by atoms with E-state index in [-0.39, 0.29) is 29.9 Å². The highest BCUT2D eigenvalue weighted by atomic mass is 32.2. The number of sulfonamides is 1. The van der Waals surface area contributed by atoms with Gasteiger partial charge in [-0.05, 0) is 48.2 Å². The molecule has 0 radical (unpaired) electrons. The minimum atomic E-state index is -3.92. The summed E-state index contributed by atoms with van der Waals surface area (Å²) in [7, 11) is -2.53. The van der Waals surface area contributed by atoms with E-state index in [1.54, 1.807) is 18.2 Å². The van der Waals surface area contributed by atoms with E-state index in [1.807, 2.05) is 75.4 Å². The minimum Gasteiger partial charge on any atom is -0.352 e. The van der Waals surface area contributed by atoms with Crippen LogP contribution in [0.1, 0.15) is 39.2 Å². The third kappa shape index (κ3) is 6.50. The third-order valence-electron chi connectivity index (χ3n) is 6.37. The Morgan fingerprint density at radius 1 is 0.889 bits per heavy atom. The first kappa shape index (κ1) is 27.4. The summed E-state index contributed by atoms with van der Waals surface area (Å²) in [5.74, 6) is -0.673. The Balaban J connectivity index is 1.86. The van der Waals surface area contributed by atoms with E-state index in [0.29, 0.717) is 6.42 Å². The highest BCUT2D eigenvalue weighted by Gasteiger charge is 2.32. The van der Waals surface area contributed by atoms with Crippen LogP contribution in [-0.4, -0.2) is 55.1 Å². The number of fused-ring (bicyclic) bond motifs is 1. The van der Waals surface area contributed by atoms with Crippen molar-refractivity contribution in [2.75, 3.05) is 13.6 Å².